The minimum absolute atomic E-state index is 0.00190. The molecule has 37 heavy (non-hydrogen) atoms. The normalized spacial score (nSPS) is 22.9. The molecule has 2 N–H and O–H groups in total. The number of benzene rings is 2. The fourth-order valence-electron chi connectivity index (χ4n) is 5.54. The van der Waals surface area contributed by atoms with Crippen LogP contribution in [-0.2, 0) is 19.1 Å². The lowest BCUT2D eigenvalue weighted by Gasteiger charge is -2.43. The Balaban J connectivity index is 1.29. The van der Waals surface area contributed by atoms with Crippen molar-refractivity contribution in [2.75, 3.05) is 37.9 Å². The summed E-state index contributed by atoms with van der Waals surface area (Å²) in [5.41, 5.74) is 1.47. The maximum absolute atomic E-state index is 13.6. The molecule has 2 aromatic rings. The van der Waals surface area contributed by atoms with E-state index in [4.69, 9.17) is 14.6 Å². The lowest BCUT2D eigenvalue weighted by Crippen LogP contribution is -2.57. The minimum atomic E-state index is -0.648. The van der Waals surface area contributed by atoms with Crippen LogP contribution < -0.4 is 10.2 Å². The van der Waals surface area contributed by atoms with E-state index in [-0.39, 0.29) is 24.3 Å². The van der Waals surface area contributed by atoms with Crippen molar-refractivity contribution in [1.82, 2.24) is 10.2 Å². The van der Waals surface area contributed by atoms with Gasteiger partial charge >= 0.3 is 0 Å². The highest BCUT2D eigenvalue weighted by Gasteiger charge is 2.51. The molecule has 0 aliphatic carbocycles. The number of amides is 2. The Kier molecular flexibility index (Phi) is 7.76. The number of ether oxygens (including phenoxy) is 2. The Morgan fingerprint density at radius 2 is 1.76 bits per heavy atom. The van der Waals surface area contributed by atoms with Gasteiger partial charge in [-0.1, -0.05) is 48.5 Å². The molecular formula is C29H35N3O5. The van der Waals surface area contributed by atoms with Gasteiger partial charge in [-0.2, -0.15) is 0 Å². The number of hydrogen-bond acceptors (Lipinski definition) is 6. The number of anilines is 1. The lowest BCUT2D eigenvalue weighted by molar-refractivity contribution is -0.154. The number of para-hydroxylation sites is 1. The van der Waals surface area contributed by atoms with Gasteiger partial charge in [-0.15, -0.1) is 0 Å². The Bertz CT molecular complexity index is 1100. The summed E-state index contributed by atoms with van der Waals surface area (Å²) in [7, 11) is 0. The third-order valence-corrected chi connectivity index (χ3v) is 7.63. The molecule has 3 aliphatic heterocycles. The molecule has 0 aromatic heterocycles. The number of hydrogen-bond donors (Lipinski definition) is 2. The quantitative estimate of drug-likeness (QED) is 0.536. The second-order valence-corrected chi connectivity index (χ2v) is 9.88. The molecule has 196 valence electrons. The van der Waals surface area contributed by atoms with Gasteiger partial charge in [-0.25, -0.2) is 0 Å². The summed E-state index contributed by atoms with van der Waals surface area (Å²) >= 11 is 0. The molecule has 2 fully saturated rings. The van der Waals surface area contributed by atoms with Gasteiger partial charge < -0.3 is 29.7 Å². The number of nitrogens with one attached hydrogen (secondary N) is 1. The number of rotatable bonds is 8. The fraction of sp³-hybridized carbons (Fsp3) is 0.448. The third kappa shape index (κ3) is 5.36. The highest BCUT2D eigenvalue weighted by atomic mass is 16.7. The van der Waals surface area contributed by atoms with Crippen LogP contribution in [0.3, 0.4) is 0 Å². The predicted molar refractivity (Wildman–Crippen MR) is 140 cm³/mol. The van der Waals surface area contributed by atoms with Crippen molar-refractivity contribution < 1.29 is 24.2 Å². The first-order chi connectivity index (χ1) is 18.1. The zero-order valence-electron chi connectivity index (χ0n) is 21.1. The molecule has 3 heterocycles. The molecule has 0 radical (unpaired) electrons. The van der Waals surface area contributed by atoms with Crippen LogP contribution in [0.5, 0.6) is 0 Å². The number of carbonyl (C=O) groups is 2. The number of allylic oxidation sites excluding steroid dienone is 1. The van der Waals surface area contributed by atoms with E-state index < -0.39 is 11.8 Å². The van der Waals surface area contributed by atoms with Crippen molar-refractivity contribution in [2.24, 2.45) is 0 Å². The van der Waals surface area contributed by atoms with Gasteiger partial charge in [0.05, 0.1) is 13.3 Å². The van der Waals surface area contributed by atoms with E-state index in [2.05, 4.69) is 22.3 Å². The maximum Gasteiger partial charge on any atom is 0.288 e. The van der Waals surface area contributed by atoms with E-state index in [1.54, 1.807) is 4.90 Å². The highest BCUT2D eigenvalue weighted by Crippen LogP contribution is 2.37. The fourth-order valence-corrected chi connectivity index (χ4v) is 5.54. The van der Waals surface area contributed by atoms with Crippen molar-refractivity contribution in [3.05, 3.63) is 78.1 Å². The molecule has 8 heteroatoms. The number of aliphatic hydroxyl groups excluding tert-OH is 1. The molecule has 2 aromatic carbocycles. The first-order valence-corrected chi connectivity index (χ1v) is 13.2. The van der Waals surface area contributed by atoms with Crippen LogP contribution in [0, 0.1) is 0 Å². The van der Waals surface area contributed by atoms with Crippen LogP contribution >= 0.6 is 0 Å². The van der Waals surface area contributed by atoms with Gasteiger partial charge in [-0.3, -0.25) is 9.59 Å². The van der Waals surface area contributed by atoms with Crippen LogP contribution in [0.2, 0.25) is 0 Å². The highest BCUT2D eigenvalue weighted by molar-refractivity contribution is 5.95. The van der Waals surface area contributed by atoms with Crippen molar-refractivity contribution in [3.63, 3.8) is 0 Å². The maximum atomic E-state index is 13.6. The molecular weight excluding hydrogens is 470 g/mol. The zero-order valence-corrected chi connectivity index (χ0v) is 21.1. The molecule has 1 spiro atoms. The number of nitrogens with zero attached hydrogens (tertiary/aromatic N) is 2. The zero-order chi connectivity index (χ0) is 25.7. The van der Waals surface area contributed by atoms with E-state index in [1.807, 2.05) is 54.6 Å². The van der Waals surface area contributed by atoms with Gasteiger partial charge in [0.2, 0.25) is 12.2 Å². The van der Waals surface area contributed by atoms with E-state index >= 15 is 0 Å². The number of likely N-dealkylation sites (tertiary alicyclic amines) is 1. The summed E-state index contributed by atoms with van der Waals surface area (Å²) in [4.78, 5) is 30.5. The number of piperidine rings is 1. The predicted octanol–water partition coefficient (Wildman–Crippen LogP) is 3.14. The van der Waals surface area contributed by atoms with Crippen LogP contribution in [0.15, 0.2) is 72.5 Å². The van der Waals surface area contributed by atoms with Crippen molar-refractivity contribution in [3.8, 4) is 0 Å². The van der Waals surface area contributed by atoms with Crippen molar-refractivity contribution >= 4 is 17.5 Å². The Labute approximate surface area is 217 Å². The number of carbonyl (C=O) groups excluding carboxylic acids is 2. The van der Waals surface area contributed by atoms with Gasteiger partial charge in [0.25, 0.3) is 5.91 Å². The molecule has 8 nitrogen and oxygen atoms in total. The van der Waals surface area contributed by atoms with E-state index in [0.717, 1.165) is 17.7 Å². The largest absolute Gasteiger partial charge is 0.459 e. The summed E-state index contributed by atoms with van der Waals surface area (Å²) < 4.78 is 12.0. The summed E-state index contributed by atoms with van der Waals surface area (Å²) in [5, 5.41) is 12.1. The molecule has 2 atom stereocenters. The van der Waals surface area contributed by atoms with Crippen LogP contribution in [0.1, 0.15) is 43.6 Å². The molecule has 5 rings (SSSR count). The summed E-state index contributed by atoms with van der Waals surface area (Å²) in [6.07, 6.45) is 4.50. The van der Waals surface area contributed by atoms with Crippen molar-refractivity contribution in [1.29, 1.82) is 0 Å². The topological polar surface area (TPSA) is 91.3 Å². The van der Waals surface area contributed by atoms with Crippen LogP contribution in [-0.4, -0.2) is 66.6 Å². The second kappa shape index (κ2) is 11.4. The van der Waals surface area contributed by atoms with E-state index in [0.29, 0.717) is 57.8 Å². The van der Waals surface area contributed by atoms with Crippen LogP contribution in [0.25, 0.3) is 0 Å². The lowest BCUT2D eigenvalue weighted by atomic mass is 9.85. The Morgan fingerprint density at radius 3 is 2.46 bits per heavy atom. The average molecular weight is 506 g/mol. The number of aliphatic hydroxyl groups is 1. The minimum Gasteiger partial charge on any atom is -0.459 e. The standard InChI is InChI=1S/C29H35N3O5/c33-17-7-8-18-36-26-20-23(22-9-3-1-4-10-22)19-25(37-26)27(34)31-15-13-29(14-16-31)28(35)30-21-32(29)24-11-5-2-6-12-24/h1-6,9-12,19,23,26,33H,7-8,13-18,20-21H2,(H,30,35)/t23-,26+/m1/s1. The smallest absolute Gasteiger partial charge is 0.288 e. The first-order valence-electron chi connectivity index (χ1n) is 13.2. The summed E-state index contributed by atoms with van der Waals surface area (Å²) in [6, 6.07) is 20.0. The van der Waals surface area contributed by atoms with Crippen molar-refractivity contribution in [2.45, 2.75) is 49.9 Å². The average Bonchev–Trinajstić information content (AvgIpc) is 3.26. The van der Waals surface area contributed by atoms with Gasteiger partial charge in [0.1, 0.15) is 5.54 Å². The SMILES string of the molecule is O=C(C1=C[C@@H](c2ccccc2)C[C@@H](OCCCCO)O1)N1CCC2(CC1)C(=O)NCN2c1ccccc1. The van der Waals surface area contributed by atoms with Gasteiger partial charge in [0, 0.05) is 37.7 Å². The Morgan fingerprint density at radius 1 is 1.05 bits per heavy atom. The summed E-state index contributed by atoms with van der Waals surface area (Å²) in [6.45, 7) is 1.99. The molecule has 0 saturated carbocycles. The summed E-state index contributed by atoms with van der Waals surface area (Å²) in [5.74, 6) is 0.169. The molecule has 0 unspecified atom stereocenters. The molecule has 3 aliphatic rings. The molecule has 2 saturated heterocycles. The van der Waals surface area contributed by atoms with E-state index in [1.165, 1.54) is 0 Å². The number of unbranched alkanes of at least 4 members (excludes halogenated alkanes) is 1. The van der Waals surface area contributed by atoms with E-state index in [9.17, 15) is 9.59 Å². The van der Waals surface area contributed by atoms with Gasteiger partial charge in [-0.05, 0) is 49.5 Å². The third-order valence-electron chi connectivity index (χ3n) is 7.63. The monoisotopic (exact) mass is 505 g/mol. The van der Waals surface area contributed by atoms with Crippen LogP contribution in [0.4, 0.5) is 5.69 Å². The molecule has 2 amide bonds. The molecule has 0 bridgehead atoms. The second-order valence-electron chi connectivity index (χ2n) is 9.88. The first kappa shape index (κ1) is 25.3. The Hall–Kier alpha value is -3.36. The van der Waals surface area contributed by atoms with Gasteiger partial charge in [0.15, 0.2) is 5.76 Å².